The van der Waals surface area contributed by atoms with Gasteiger partial charge in [-0.2, -0.15) is 0 Å². The van der Waals surface area contributed by atoms with Gasteiger partial charge < -0.3 is 15.5 Å². The Kier molecular flexibility index (Phi) is 7.79. The minimum Gasteiger partial charge on any atom is -0.370 e. The molecule has 0 saturated carbocycles. The number of carbonyl (C=O) groups is 2. The van der Waals surface area contributed by atoms with Gasteiger partial charge in [-0.05, 0) is 31.5 Å². The highest BCUT2D eigenvalue weighted by molar-refractivity contribution is 7.13. The van der Waals surface area contributed by atoms with Gasteiger partial charge in [-0.15, -0.1) is 11.3 Å². The van der Waals surface area contributed by atoms with Gasteiger partial charge in [0.25, 0.3) is 0 Å². The highest BCUT2D eigenvalue weighted by Gasteiger charge is 2.12. The number of rotatable bonds is 9. The number of benzene rings is 1. The first-order chi connectivity index (χ1) is 12.9. The number of nitrogens with one attached hydrogen (secondary N) is 2. The number of hydrogen-bond donors (Lipinski definition) is 2. The molecule has 27 heavy (non-hydrogen) atoms. The van der Waals surface area contributed by atoms with Crippen LogP contribution in [-0.4, -0.2) is 36.4 Å². The van der Waals surface area contributed by atoms with Crippen molar-refractivity contribution >= 4 is 34.0 Å². The molecule has 0 aliphatic heterocycles. The van der Waals surface area contributed by atoms with Gasteiger partial charge in [-0.1, -0.05) is 26.0 Å². The average molecular weight is 389 g/mol. The van der Waals surface area contributed by atoms with Gasteiger partial charge in [0.15, 0.2) is 5.13 Å². The quantitative estimate of drug-likeness (QED) is 0.692. The summed E-state index contributed by atoms with van der Waals surface area (Å²) in [4.78, 5) is 30.4. The molecule has 0 aliphatic rings. The number of anilines is 2. The monoisotopic (exact) mass is 388 g/mol. The lowest BCUT2D eigenvalue weighted by molar-refractivity contribution is -0.120. The van der Waals surface area contributed by atoms with Gasteiger partial charge >= 0.3 is 0 Å². The molecule has 0 fully saturated rings. The molecule has 0 atom stereocenters. The Morgan fingerprint density at radius 1 is 1.30 bits per heavy atom. The normalized spacial score (nSPS) is 10.7. The highest BCUT2D eigenvalue weighted by Crippen LogP contribution is 2.17. The van der Waals surface area contributed by atoms with Crippen LogP contribution in [0.2, 0.25) is 0 Å². The van der Waals surface area contributed by atoms with Crippen LogP contribution in [0.1, 0.15) is 32.0 Å². The fraction of sp³-hybridized carbons (Fsp3) is 0.450. The lowest BCUT2D eigenvalue weighted by atomic mass is 10.2. The molecule has 2 aromatic rings. The highest BCUT2D eigenvalue weighted by atomic mass is 32.1. The molecular formula is C20H28N4O2S. The van der Waals surface area contributed by atoms with Gasteiger partial charge in [0, 0.05) is 36.6 Å². The molecular weight excluding hydrogens is 360 g/mol. The van der Waals surface area contributed by atoms with Crippen molar-refractivity contribution in [2.75, 3.05) is 29.9 Å². The Hall–Kier alpha value is -2.41. The molecule has 1 heterocycles. The van der Waals surface area contributed by atoms with Gasteiger partial charge in [0.2, 0.25) is 11.8 Å². The van der Waals surface area contributed by atoms with E-state index in [0.29, 0.717) is 17.4 Å². The van der Waals surface area contributed by atoms with E-state index in [-0.39, 0.29) is 24.2 Å². The summed E-state index contributed by atoms with van der Waals surface area (Å²) in [5, 5.41) is 8.04. The number of carbonyl (C=O) groups excluding carboxylic acids is 2. The maximum atomic E-state index is 12.2. The second-order valence-electron chi connectivity index (χ2n) is 6.73. The third-order valence-electron chi connectivity index (χ3n) is 4.10. The summed E-state index contributed by atoms with van der Waals surface area (Å²) in [6.45, 7) is 10.0. The lowest BCUT2D eigenvalue weighted by Gasteiger charge is -2.23. The summed E-state index contributed by atoms with van der Waals surface area (Å²) in [7, 11) is 0. The molecule has 1 aromatic heterocycles. The molecule has 7 heteroatoms. The van der Waals surface area contributed by atoms with Crippen LogP contribution in [0.15, 0.2) is 29.6 Å². The van der Waals surface area contributed by atoms with Crippen molar-refractivity contribution in [3.63, 3.8) is 0 Å². The minimum atomic E-state index is -0.101. The van der Waals surface area contributed by atoms with Crippen LogP contribution in [0.4, 0.5) is 10.8 Å². The molecule has 0 radical (unpaired) electrons. The standard InChI is InChI=1S/C20H28N4O2S/c1-5-24(17-8-6-7-15(4)11-17)10-9-21-18(25)12-16-13-27-20(22-16)23-19(26)14(2)3/h6-8,11,13-14H,5,9-10,12H2,1-4H3,(H,21,25)(H,22,23,26). The number of aryl methyl sites for hydroxylation is 1. The molecule has 2 amide bonds. The Bertz CT molecular complexity index is 773. The Morgan fingerprint density at radius 2 is 2.07 bits per heavy atom. The zero-order valence-electron chi connectivity index (χ0n) is 16.4. The lowest BCUT2D eigenvalue weighted by Crippen LogP contribution is -2.35. The molecule has 0 bridgehead atoms. The van der Waals surface area contributed by atoms with Gasteiger partial charge in [-0.3, -0.25) is 9.59 Å². The van der Waals surface area contributed by atoms with Crippen molar-refractivity contribution in [1.29, 1.82) is 0 Å². The molecule has 2 N–H and O–H groups in total. The molecule has 0 aliphatic carbocycles. The number of amides is 2. The minimum absolute atomic E-state index is 0.0673. The van der Waals surface area contributed by atoms with Crippen molar-refractivity contribution in [2.24, 2.45) is 5.92 Å². The van der Waals surface area contributed by atoms with Gasteiger partial charge in [0.05, 0.1) is 12.1 Å². The number of likely N-dealkylation sites (N-methyl/N-ethyl adjacent to an activating group) is 1. The first-order valence-electron chi connectivity index (χ1n) is 9.22. The predicted octanol–water partition coefficient (Wildman–Crippen LogP) is 3.23. The zero-order valence-corrected chi connectivity index (χ0v) is 17.2. The van der Waals surface area contributed by atoms with E-state index >= 15 is 0 Å². The van der Waals surface area contributed by atoms with Crippen molar-refractivity contribution in [1.82, 2.24) is 10.3 Å². The molecule has 1 aromatic carbocycles. The zero-order chi connectivity index (χ0) is 19.8. The van der Waals surface area contributed by atoms with E-state index in [2.05, 4.69) is 52.6 Å². The van der Waals surface area contributed by atoms with Crippen LogP contribution in [0.5, 0.6) is 0 Å². The molecule has 0 saturated heterocycles. The SMILES string of the molecule is CCN(CCNC(=O)Cc1csc(NC(=O)C(C)C)n1)c1cccc(C)c1. The maximum Gasteiger partial charge on any atom is 0.228 e. The van der Waals surface area contributed by atoms with Crippen molar-refractivity contribution in [2.45, 2.75) is 34.1 Å². The molecule has 2 rings (SSSR count). The smallest absolute Gasteiger partial charge is 0.228 e. The van der Waals surface area contributed by atoms with Gasteiger partial charge in [-0.25, -0.2) is 4.98 Å². The summed E-state index contributed by atoms with van der Waals surface area (Å²) in [6, 6.07) is 8.35. The van der Waals surface area contributed by atoms with E-state index in [1.54, 1.807) is 5.38 Å². The first kappa shape index (κ1) is 20.9. The second-order valence-corrected chi connectivity index (χ2v) is 7.59. The van der Waals surface area contributed by atoms with Crippen LogP contribution < -0.4 is 15.5 Å². The van der Waals surface area contributed by atoms with Crippen molar-refractivity contribution in [3.8, 4) is 0 Å². The molecule has 146 valence electrons. The third kappa shape index (κ3) is 6.67. The van der Waals surface area contributed by atoms with Crippen molar-refractivity contribution < 1.29 is 9.59 Å². The van der Waals surface area contributed by atoms with Crippen LogP contribution >= 0.6 is 11.3 Å². The van der Waals surface area contributed by atoms with E-state index in [1.807, 2.05) is 19.9 Å². The summed E-state index contributed by atoms with van der Waals surface area (Å²) in [5.41, 5.74) is 3.05. The van der Waals surface area contributed by atoms with Crippen LogP contribution in [-0.2, 0) is 16.0 Å². The Labute approximate surface area is 165 Å². The average Bonchev–Trinajstić information content (AvgIpc) is 3.05. The number of hydrogen-bond acceptors (Lipinski definition) is 5. The first-order valence-corrected chi connectivity index (χ1v) is 10.1. The largest absolute Gasteiger partial charge is 0.370 e. The predicted molar refractivity (Wildman–Crippen MR) is 111 cm³/mol. The van der Waals surface area contributed by atoms with Crippen molar-refractivity contribution in [3.05, 3.63) is 40.9 Å². The molecule has 0 unspecified atom stereocenters. The van der Waals surface area contributed by atoms with E-state index in [1.165, 1.54) is 16.9 Å². The number of thiazole rings is 1. The Morgan fingerprint density at radius 3 is 2.74 bits per heavy atom. The summed E-state index contributed by atoms with van der Waals surface area (Å²) < 4.78 is 0. The van der Waals surface area contributed by atoms with E-state index in [0.717, 1.165) is 18.8 Å². The van der Waals surface area contributed by atoms with E-state index in [9.17, 15) is 9.59 Å². The third-order valence-corrected chi connectivity index (χ3v) is 4.91. The van der Waals surface area contributed by atoms with Crippen LogP contribution in [0.3, 0.4) is 0 Å². The van der Waals surface area contributed by atoms with Crippen LogP contribution in [0, 0.1) is 12.8 Å². The topological polar surface area (TPSA) is 74.3 Å². The fourth-order valence-corrected chi connectivity index (χ4v) is 3.26. The maximum absolute atomic E-state index is 12.2. The molecule has 0 spiro atoms. The van der Waals surface area contributed by atoms with Gasteiger partial charge in [0.1, 0.15) is 0 Å². The summed E-state index contributed by atoms with van der Waals surface area (Å²) in [5.74, 6) is -0.242. The summed E-state index contributed by atoms with van der Waals surface area (Å²) in [6.07, 6.45) is 0.213. The summed E-state index contributed by atoms with van der Waals surface area (Å²) >= 11 is 1.34. The van der Waals surface area contributed by atoms with Crippen LogP contribution in [0.25, 0.3) is 0 Å². The second kappa shape index (κ2) is 10.1. The molecule has 6 nitrogen and oxygen atoms in total. The van der Waals surface area contributed by atoms with E-state index < -0.39 is 0 Å². The number of aromatic nitrogens is 1. The van der Waals surface area contributed by atoms with E-state index in [4.69, 9.17) is 0 Å². The number of nitrogens with zero attached hydrogens (tertiary/aromatic N) is 2. The Balaban J connectivity index is 1.79. The fourth-order valence-electron chi connectivity index (χ4n) is 2.55.